The number of hydrogen-bond donors (Lipinski definition) is 0. The molecular weight excluding hydrogens is 160 g/mol. The fourth-order valence-corrected chi connectivity index (χ4v) is 1.15. The van der Waals surface area contributed by atoms with Crippen molar-refractivity contribution in [2.75, 3.05) is 0 Å². The molecule has 0 N–H and O–H groups in total. The molecule has 2 nitrogen and oxygen atoms in total. The normalized spacial score (nSPS) is 9.85. The second-order valence-electron chi connectivity index (χ2n) is 2.76. The predicted molar refractivity (Wildman–Crippen MR) is 50.1 cm³/mol. The fraction of sp³-hybridized carbons (Fsp3) is 0.0909. The lowest BCUT2D eigenvalue weighted by Crippen LogP contribution is -1.90. The average Bonchev–Trinajstić information content (AvgIpc) is 2.21. The first-order valence-corrected chi connectivity index (χ1v) is 4.15. The van der Waals surface area contributed by atoms with Gasteiger partial charge in [-0.25, -0.2) is 0 Å². The molecule has 0 aliphatic heterocycles. The summed E-state index contributed by atoms with van der Waals surface area (Å²) in [6.45, 7) is 0. The van der Waals surface area contributed by atoms with Crippen LogP contribution in [0.5, 0.6) is 0 Å². The number of hydrogen-bond acceptors (Lipinski definition) is 2. The first-order valence-electron chi connectivity index (χ1n) is 4.15. The summed E-state index contributed by atoms with van der Waals surface area (Å²) in [5.74, 6) is 0. The summed E-state index contributed by atoms with van der Waals surface area (Å²) in [6.07, 6.45) is 6.19. The maximum absolute atomic E-state index is 4.20. The standard InChI is InChI=1S/C11H9N2/c1-2-6-13-11(3-1)9-10-4-7-12-8-5-10/h1-2,4-8H,9H2. The molecule has 0 aliphatic rings. The third kappa shape index (κ3) is 2.12. The summed E-state index contributed by atoms with van der Waals surface area (Å²) < 4.78 is 0. The molecule has 1 radical (unpaired) electrons. The minimum atomic E-state index is 0.823. The highest BCUT2D eigenvalue weighted by Crippen LogP contribution is 2.03. The van der Waals surface area contributed by atoms with E-state index in [1.807, 2.05) is 24.3 Å². The quantitative estimate of drug-likeness (QED) is 0.685. The monoisotopic (exact) mass is 169 g/mol. The highest BCUT2D eigenvalue weighted by molar-refractivity contribution is 5.17. The van der Waals surface area contributed by atoms with Crippen LogP contribution in [-0.4, -0.2) is 9.97 Å². The summed E-state index contributed by atoms with van der Waals surface area (Å²) in [6, 6.07) is 10.8. The van der Waals surface area contributed by atoms with Gasteiger partial charge in [0.05, 0.1) is 5.69 Å². The number of rotatable bonds is 2. The van der Waals surface area contributed by atoms with Crippen LogP contribution in [0.3, 0.4) is 0 Å². The molecule has 0 saturated carbocycles. The van der Waals surface area contributed by atoms with Crippen molar-refractivity contribution < 1.29 is 0 Å². The van der Waals surface area contributed by atoms with Crippen molar-refractivity contribution in [1.82, 2.24) is 9.97 Å². The summed E-state index contributed by atoms with van der Waals surface area (Å²) in [7, 11) is 0. The Bertz CT molecular complexity index is 319. The highest BCUT2D eigenvalue weighted by Gasteiger charge is 1.94. The predicted octanol–water partition coefficient (Wildman–Crippen LogP) is 1.87. The molecule has 2 rings (SSSR count). The lowest BCUT2D eigenvalue weighted by molar-refractivity contribution is 1.06. The molecule has 0 aromatic carbocycles. The van der Waals surface area contributed by atoms with E-state index in [0.717, 1.165) is 12.1 Å². The first-order chi connectivity index (χ1) is 6.45. The zero-order chi connectivity index (χ0) is 8.93. The first kappa shape index (κ1) is 7.92. The summed E-state index contributed by atoms with van der Waals surface area (Å²) in [5.41, 5.74) is 2.18. The van der Waals surface area contributed by atoms with Gasteiger partial charge in [-0.3, -0.25) is 9.97 Å². The smallest absolute Gasteiger partial charge is 0.0526 e. The van der Waals surface area contributed by atoms with Crippen molar-refractivity contribution in [3.63, 3.8) is 0 Å². The van der Waals surface area contributed by atoms with Crippen LogP contribution in [0.4, 0.5) is 0 Å². The Labute approximate surface area is 77.3 Å². The molecule has 0 spiro atoms. The van der Waals surface area contributed by atoms with Crippen molar-refractivity contribution in [1.29, 1.82) is 0 Å². The van der Waals surface area contributed by atoms with Gasteiger partial charge in [-0.05, 0) is 23.8 Å². The Morgan fingerprint density at radius 2 is 2.00 bits per heavy atom. The zero-order valence-corrected chi connectivity index (χ0v) is 7.14. The van der Waals surface area contributed by atoms with Crippen LogP contribution in [0, 0.1) is 6.07 Å². The number of aromatic nitrogens is 2. The van der Waals surface area contributed by atoms with Crippen LogP contribution in [-0.2, 0) is 6.42 Å². The van der Waals surface area contributed by atoms with E-state index in [1.54, 1.807) is 18.6 Å². The lowest BCUT2D eigenvalue weighted by atomic mass is 10.1. The molecule has 2 heteroatoms. The summed E-state index contributed by atoms with van der Waals surface area (Å²) in [5, 5.41) is 0. The van der Waals surface area contributed by atoms with E-state index in [2.05, 4.69) is 16.0 Å². The molecule has 2 heterocycles. The van der Waals surface area contributed by atoms with Crippen LogP contribution in [0.15, 0.2) is 42.9 Å². The number of nitrogens with zero attached hydrogens (tertiary/aromatic N) is 2. The Morgan fingerprint density at radius 1 is 1.15 bits per heavy atom. The Kier molecular flexibility index (Phi) is 2.32. The van der Waals surface area contributed by atoms with Gasteiger partial charge in [-0.1, -0.05) is 6.07 Å². The van der Waals surface area contributed by atoms with Gasteiger partial charge in [0.2, 0.25) is 0 Å². The molecule has 0 atom stereocenters. The van der Waals surface area contributed by atoms with Gasteiger partial charge in [-0.15, -0.1) is 0 Å². The van der Waals surface area contributed by atoms with Crippen LogP contribution in [0.25, 0.3) is 0 Å². The van der Waals surface area contributed by atoms with E-state index in [9.17, 15) is 0 Å². The molecule has 0 aliphatic carbocycles. The largest absolute Gasteiger partial charge is 0.265 e. The molecule has 0 amide bonds. The average molecular weight is 169 g/mol. The molecule has 2 aromatic heterocycles. The molecule has 0 fully saturated rings. The Balaban J connectivity index is 2.16. The highest BCUT2D eigenvalue weighted by atomic mass is 14.7. The molecule has 2 aromatic rings. The maximum atomic E-state index is 4.20. The minimum Gasteiger partial charge on any atom is -0.265 e. The second kappa shape index (κ2) is 3.81. The van der Waals surface area contributed by atoms with Gasteiger partial charge in [0, 0.05) is 31.1 Å². The Morgan fingerprint density at radius 3 is 2.69 bits per heavy atom. The Hall–Kier alpha value is -1.70. The van der Waals surface area contributed by atoms with E-state index < -0.39 is 0 Å². The molecule has 63 valence electrons. The fourth-order valence-electron chi connectivity index (χ4n) is 1.15. The van der Waals surface area contributed by atoms with Crippen LogP contribution in [0.1, 0.15) is 11.3 Å². The van der Waals surface area contributed by atoms with Crippen LogP contribution >= 0.6 is 0 Å². The maximum Gasteiger partial charge on any atom is 0.0526 e. The topological polar surface area (TPSA) is 25.8 Å². The van der Waals surface area contributed by atoms with Crippen LogP contribution in [0.2, 0.25) is 0 Å². The summed E-state index contributed by atoms with van der Waals surface area (Å²) >= 11 is 0. The van der Waals surface area contributed by atoms with Crippen molar-refractivity contribution >= 4 is 0 Å². The van der Waals surface area contributed by atoms with Gasteiger partial charge in [0.1, 0.15) is 0 Å². The number of pyridine rings is 2. The van der Waals surface area contributed by atoms with Crippen molar-refractivity contribution in [3.8, 4) is 0 Å². The molecular formula is C11H9N2. The zero-order valence-electron chi connectivity index (χ0n) is 7.14. The third-order valence-electron chi connectivity index (χ3n) is 1.78. The van der Waals surface area contributed by atoms with Gasteiger partial charge < -0.3 is 0 Å². The van der Waals surface area contributed by atoms with Crippen molar-refractivity contribution in [2.45, 2.75) is 6.42 Å². The summed E-state index contributed by atoms with van der Waals surface area (Å²) in [4.78, 5) is 8.15. The van der Waals surface area contributed by atoms with E-state index in [1.165, 1.54) is 5.56 Å². The van der Waals surface area contributed by atoms with E-state index in [4.69, 9.17) is 0 Å². The molecule has 0 saturated heterocycles. The molecule has 13 heavy (non-hydrogen) atoms. The van der Waals surface area contributed by atoms with E-state index in [0.29, 0.717) is 0 Å². The molecule has 0 bridgehead atoms. The lowest BCUT2D eigenvalue weighted by Gasteiger charge is -1.98. The third-order valence-corrected chi connectivity index (χ3v) is 1.78. The van der Waals surface area contributed by atoms with E-state index in [-0.39, 0.29) is 0 Å². The van der Waals surface area contributed by atoms with Crippen LogP contribution < -0.4 is 0 Å². The van der Waals surface area contributed by atoms with Crippen molar-refractivity contribution in [2.24, 2.45) is 0 Å². The van der Waals surface area contributed by atoms with Gasteiger partial charge >= 0.3 is 0 Å². The SMILES string of the molecule is [c]1cccnc1Cc1ccncc1. The van der Waals surface area contributed by atoms with Gasteiger partial charge in [0.25, 0.3) is 0 Å². The van der Waals surface area contributed by atoms with Gasteiger partial charge in [0.15, 0.2) is 0 Å². The second-order valence-corrected chi connectivity index (χ2v) is 2.76. The molecule has 0 unspecified atom stereocenters. The van der Waals surface area contributed by atoms with Gasteiger partial charge in [-0.2, -0.15) is 0 Å². The van der Waals surface area contributed by atoms with E-state index >= 15 is 0 Å². The minimum absolute atomic E-state index is 0.823. The van der Waals surface area contributed by atoms with Crippen molar-refractivity contribution in [3.05, 3.63) is 60.2 Å².